The Hall–Kier alpha value is 0.390. The second-order valence-corrected chi connectivity index (χ2v) is 3.63. The van der Waals surface area contributed by atoms with Gasteiger partial charge in [-0.3, -0.25) is 0 Å². The van der Waals surface area contributed by atoms with Gasteiger partial charge in [0.2, 0.25) is 0 Å². The maximum absolute atomic E-state index is 9.33. The molecule has 0 unspecified atom stereocenters. The van der Waals surface area contributed by atoms with E-state index < -0.39 is 12.2 Å². The molecular formula is C9H17IO2. The van der Waals surface area contributed by atoms with Crippen LogP contribution in [0.15, 0.2) is 12.2 Å². The number of aliphatic hydroxyl groups excluding tert-OH is 2. The summed E-state index contributed by atoms with van der Waals surface area (Å²) in [7, 11) is 0. The van der Waals surface area contributed by atoms with Gasteiger partial charge in [0.05, 0.1) is 12.2 Å². The summed E-state index contributed by atoms with van der Waals surface area (Å²) in [4.78, 5) is 0. The molecule has 0 aromatic rings. The normalized spacial score (nSPS) is 16.7. The Balaban J connectivity index is 3.43. The van der Waals surface area contributed by atoms with E-state index in [1.165, 1.54) is 0 Å². The first-order valence-electron chi connectivity index (χ1n) is 4.29. The van der Waals surface area contributed by atoms with E-state index in [-0.39, 0.29) is 0 Å². The lowest BCUT2D eigenvalue weighted by Gasteiger charge is -2.13. The van der Waals surface area contributed by atoms with Crippen molar-refractivity contribution in [1.29, 1.82) is 0 Å². The number of hydrogen-bond donors (Lipinski definition) is 2. The quantitative estimate of drug-likeness (QED) is 0.444. The van der Waals surface area contributed by atoms with Crippen molar-refractivity contribution in [2.75, 3.05) is 4.43 Å². The summed E-state index contributed by atoms with van der Waals surface area (Å²) in [6.45, 7) is 2.08. The average Bonchev–Trinajstić information content (AvgIpc) is 2.10. The summed E-state index contributed by atoms with van der Waals surface area (Å²) in [5.41, 5.74) is 0. The van der Waals surface area contributed by atoms with Crippen molar-refractivity contribution in [3.63, 3.8) is 0 Å². The van der Waals surface area contributed by atoms with Crippen LogP contribution in [0.2, 0.25) is 0 Å². The van der Waals surface area contributed by atoms with E-state index >= 15 is 0 Å². The van der Waals surface area contributed by atoms with Crippen molar-refractivity contribution < 1.29 is 10.2 Å². The molecule has 72 valence electrons. The molecule has 0 saturated heterocycles. The average molecular weight is 284 g/mol. The third-order valence-electron chi connectivity index (χ3n) is 1.63. The van der Waals surface area contributed by atoms with E-state index in [0.717, 1.165) is 12.8 Å². The first-order chi connectivity index (χ1) is 5.72. The minimum absolute atomic E-state index is 0.566. The van der Waals surface area contributed by atoms with Crippen LogP contribution in [0.25, 0.3) is 0 Å². The largest absolute Gasteiger partial charge is 0.390 e. The SMILES string of the molecule is CC/C=C/CC[C@@H](O)[C@H](O)CI. The van der Waals surface area contributed by atoms with Crippen LogP contribution in [0, 0.1) is 0 Å². The molecule has 0 radical (unpaired) electrons. The molecule has 0 heterocycles. The topological polar surface area (TPSA) is 40.5 Å². The zero-order chi connectivity index (χ0) is 9.40. The zero-order valence-corrected chi connectivity index (χ0v) is 9.57. The van der Waals surface area contributed by atoms with E-state index in [9.17, 15) is 10.2 Å². The molecule has 0 aliphatic rings. The van der Waals surface area contributed by atoms with Crippen LogP contribution >= 0.6 is 22.6 Å². The van der Waals surface area contributed by atoms with E-state index in [1.807, 2.05) is 6.08 Å². The Morgan fingerprint density at radius 2 is 1.92 bits per heavy atom. The fraction of sp³-hybridized carbons (Fsp3) is 0.778. The molecule has 2 N–H and O–H groups in total. The van der Waals surface area contributed by atoms with Crippen LogP contribution < -0.4 is 0 Å². The number of allylic oxidation sites excluding steroid dienone is 2. The Morgan fingerprint density at radius 1 is 1.25 bits per heavy atom. The lowest BCUT2D eigenvalue weighted by atomic mass is 10.1. The highest BCUT2D eigenvalue weighted by Crippen LogP contribution is 2.05. The maximum atomic E-state index is 9.33. The molecule has 0 bridgehead atoms. The van der Waals surface area contributed by atoms with Crippen molar-refractivity contribution >= 4 is 22.6 Å². The number of rotatable bonds is 6. The number of aliphatic hydroxyl groups is 2. The highest BCUT2D eigenvalue weighted by molar-refractivity contribution is 14.1. The Labute approximate surface area is 87.8 Å². The van der Waals surface area contributed by atoms with Crippen LogP contribution in [-0.4, -0.2) is 26.8 Å². The van der Waals surface area contributed by atoms with Gasteiger partial charge in [0.1, 0.15) is 0 Å². The molecule has 0 saturated carbocycles. The predicted molar refractivity (Wildman–Crippen MR) is 59.6 cm³/mol. The summed E-state index contributed by atoms with van der Waals surface area (Å²) < 4.78 is 0.594. The van der Waals surface area contributed by atoms with Crippen molar-refractivity contribution in [1.82, 2.24) is 0 Å². The molecule has 0 aliphatic heterocycles. The summed E-state index contributed by atoms with van der Waals surface area (Å²) in [5, 5.41) is 18.5. The minimum Gasteiger partial charge on any atom is -0.390 e. The fourth-order valence-corrected chi connectivity index (χ4v) is 1.43. The Morgan fingerprint density at radius 3 is 2.42 bits per heavy atom. The molecule has 0 aromatic carbocycles. The van der Waals surface area contributed by atoms with E-state index in [2.05, 4.69) is 35.6 Å². The summed E-state index contributed by atoms with van der Waals surface area (Å²) in [6, 6.07) is 0. The van der Waals surface area contributed by atoms with Crippen LogP contribution in [0.5, 0.6) is 0 Å². The molecule has 2 nitrogen and oxygen atoms in total. The number of halogens is 1. The van der Waals surface area contributed by atoms with Gasteiger partial charge >= 0.3 is 0 Å². The van der Waals surface area contributed by atoms with Crippen LogP contribution in [0.3, 0.4) is 0 Å². The highest BCUT2D eigenvalue weighted by atomic mass is 127. The van der Waals surface area contributed by atoms with Gasteiger partial charge in [-0.05, 0) is 19.3 Å². The van der Waals surface area contributed by atoms with Crippen LogP contribution in [-0.2, 0) is 0 Å². The van der Waals surface area contributed by atoms with Gasteiger partial charge < -0.3 is 10.2 Å². The van der Waals surface area contributed by atoms with Gasteiger partial charge in [-0.1, -0.05) is 41.7 Å². The number of alkyl halides is 1. The van der Waals surface area contributed by atoms with Gasteiger partial charge in [-0.25, -0.2) is 0 Å². The van der Waals surface area contributed by atoms with E-state index in [0.29, 0.717) is 10.8 Å². The van der Waals surface area contributed by atoms with E-state index in [1.54, 1.807) is 0 Å². The molecule has 0 amide bonds. The lowest BCUT2D eigenvalue weighted by Crippen LogP contribution is -2.26. The molecule has 12 heavy (non-hydrogen) atoms. The third kappa shape index (κ3) is 5.97. The first kappa shape index (κ1) is 12.4. The van der Waals surface area contributed by atoms with Gasteiger partial charge in [-0.15, -0.1) is 0 Å². The number of hydrogen-bond acceptors (Lipinski definition) is 2. The fourth-order valence-electron chi connectivity index (χ4n) is 0.847. The zero-order valence-electron chi connectivity index (χ0n) is 7.41. The molecule has 3 heteroatoms. The molecule has 0 fully saturated rings. The first-order valence-corrected chi connectivity index (χ1v) is 5.82. The Kier molecular flexibility index (Phi) is 8.27. The molecule has 0 aliphatic carbocycles. The van der Waals surface area contributed by atoms with Crippen molar-refractivity contribution in [3.8, 4) is 0 Å². The molecular weight excluding hydrogens is 267 g/mol. The Bertz CT molecular complexity index is 126. The van der Waals surface area contributed by atoms with Gasteiger partial charge in [-0.2, -0.15) is 0 Å². The standard InChI is InChI=1S/C9H17IO2/c1-2-3-4-5-6-8(11)9(12)7-10/h3-4,8-9,11-12H,2,5-7H2,1H3/b4-3+/t8-,9-/m1/s1. The van der Waals surface area contributed by atoms with Gasteiger partial charge in [0.25, 0.3) is 0 Å². The van der Waals surface area contributed by atoms with Gasteiger partial charge in [0.15, 0.2) is 0 Å². The second kappa shape index (κ2) is 8.01. The molecule has 2 atom stereocenters. The second-order valence-electron chi connectivity index (χ2n) is 2.75. The molecule has 0 spiro atoms. The van der Waals surface area contributed by atoms with Crippen molar-refractivity contribution in [2.45, 2.75) is 38.4 Å². The van der Waals surface area contributed by atoms with Crippen LogP contribution in [0.1, 0.15) is 26.2 Å². The van der Waals surface area contributed by atoms with Crippen molar-refractivity contribution in [3.05, 3.63) is 12.2 Å². The lowest BCUT2D eigenvalue weighted by molar-refractivity contribution is 0.0315. The van der Waals surface area contributed by atoms with E-state index in [4.69, 9.17) is 0 Å². The van der Waals surface area contributed by atoms with Crippen molar-refractivity contribution in [2.24, 2.45) is 0 Å². The maximum Gasteiger partial charge on any atom is 0.0888 e. The summed E-state index contributed by atoms with van der Waals surface area (Å²) in [5.74, 6) is 0. The predicted octanol–water partition coefficient (Wildman–Crippen LogP) is 1.89. The minimum atomic E-state index is -0.569. The molecule has 0 aromatic heterocycles. The summed E-state index contributed by atoms with van der Waals surface area (Å²) in [6.07, 6.45) is 5.52. The monoisotopic (exact) mass is 284 g/mol. The van der Waals surface area contributed by atoms with Crippen LogP contribution in [0.4, 0.5) is 0 Å². The third-order valence-corrected chi connectivity index (χ3v) is 2.54. The van der Waals surface area contributed by atoms with Gasteiger partial charge in [0, 0.05) is 4.43 Å². The summed E-state index contributed by atoms with van der Waals surface area (Å²) >= 11 is 2.07. The smallest absolute Gasteiger partial charge is 0.0888 e. The highest BCUT2D eigenvalue weighted by Gasteiger charge is 2.12. The molecule has 0 rings (SSSR count).